The fourth-order valence-corrected chi connectivity index (χ4v) is 1.93. The van der Waals surface area contributed by atoms with E-state index in [0.717, 1.165) is 11.1 Å². The van der Waals surface area contributed by atoms with E-state index in [2.05, 4.69) is 0 Å². The summed E-state index contributed by atoms with van der Waals surface area (Å²) >= 11 is 6.12. The molecule has 0 bridgehead atoms. The van der Waals surface area contributed by atoms with Crippen LogP contribution in [0.1, 0.15) is 19.4 Å². The van der Waals surface area contributed by atoms with Gasteiger partial charge in [0, 0.05) is 0 Å². The molecule has 0 saturated heterocycles. The van der Waals surface area contributed by atoms with Crippen LogP contribution in [0.15, 0.2) is 17.7 Å². The van der Waals surface area contributed by atoms with Crippen molar-refractivity contribution in [2.75, 3.05) is 20.8 Å². The van der Waals surface area contributed by atoms with Crippen molar-refractivity contribution in [3.05, 3.63) is 28.3 Å². The number of ether oxygens (including phenoxy) is 2. The second-order valence-electron chi connectivity index (χ2n) is 4.27. The number of benzene rings is 1. The van der Waals surface area contributed by atoms with Crippen LogP contribution in [0.5, 0.6) is 11.5 Å². The zero-order valence-corrected chi connectivity index (χ0v) is 11.9. The van der Waals surface area contributed by atoms with E-state index in [0.29, 0.717) is 16.5 Å². The summed E-state index contributed by atoms with van der Waals surface area (Å²) in [5.41, 5.74) is 1.83. The Balaban J connectivity index is 3.23. The molecule has 0 atom stereocenters. The first-order valence-corrected chi connectivity index (χ1v) is 6.14. The average Bonchev–Trinajstić information content (AvgIpc) is 2.34. The van der Waals surface area contributed by atoms with Crippen molar-refractivity contribution in [2.24, 2.45) is 5.92 Å². The lowest BCUT2D eigenvalue weighted by Crippen LogP contribution is -1.99. The molecule has 3 nitrogen and oxygen atoms in total. The van der Waals surface area contributed by atoms with Crippen LogP contribution in [0.3, 0.4) is 0 Å². The number of aliphatic hydroxyl groups excluding tert-OH is 1. The fraction of sp³-hybridized carbons (Fsp3) is 0.429. The van der Waals surface area contributed by atoms with Crippen LogP contribution >= 0.6 is 11.6 Å². The second kappa shape index (κ2) is 6.66. The lowest BCUT2D eigenvalue weighted by molar-refractivity contribution is 0.320. The molecule has 1 aromatic rings. The summed E-state index contributed by atoms with van der Waals surface area (Å²) in [5.74, 6) is 1.38. The Morgan fingerprint density at radius 2 is 2.00 bits per heavy atom. The van der Waals surface area contributed by atoms with Crippen molar-refractivity contribution in [1.82, 2.24) is 0 Å². The van der Waals surface area contributed by atoms with E-state index in [1.54, 1.807) is 20.3 Å². The van der Waals surface area contributed by atoms with Crippen molar-refractivity contribution < 1.29 is 14.6 Å². The number of halogens is 1. The molecule has 0 fully saturated rings. The highest BCUT2D eigenvalue weighted by Crippen LogP contribution is 2.36. The van der Waals surface area contributed by atoms with Gasteiger partial charge in [-0.25, -0.2) is 0 Å². The first-order valence-electron chi connectivity index (χ1n) is 5.76. The van der Waals surface area contributed by atoms with Crippen LogP contribution in [0.25, 0.3) is 6.08 Å². The van der Waals surface area contributed by atoms with Crippen LogP contribution in [0.4, 0.5) is 0 Å². The molecule has 0 saturated carbocycles. The summed E-state index contributed by atoms with van der Waals surface area (Å²) in [6, 6.07) is 3.63. The van der Waals surface area contributed by atoms with Gasteiger partial charge >= 0.3 is 0 Å². The molecule has 100 valence electrons. The molecule has 1 N–H and O–H groups in total. The molecule has 0 aliphatic rings. The van der Waals surface area contributed by atoms with Gasteiger partial charge in [0.1, 0.15) is 0 Å². The van der Waals surface area contributed by atoms with Gasteiger partial charge < -0.3 is 14.6 Å². The van der Waals surface area contributed by atoms with Crippen molar-refractivity contribution in [1.29, 1.82) is 0 Å². The molecule has 0 amide bonds. The lowest BCUT2D eigenvalue weighted by Gasteiger charge is -2.12. The Hall–Kier alpha value is -1.19. The van der Waals surface area contributed by atoms with Crippen molar-refractivity contribution in [3.8, 4) is 11.5 Å². The second-order valence-corrected chi connectivity index (χ2v) is 4.68. The van der Waals surface area contributed by atoms with Crippen molar-refractivity contribution in [3.63, 3.8) is 0 Å². The molecule has 18 heavy (non-hydrogen) atoms. The third kappa shape index (κ3) is 3.40. The van der Waals surface area contributed by atoms with E-state index in [9.17, 15) is 5.11 Å². The van der Waals surface area contributed by atoms with Gasteiger partial charge in [0.25, 0.3) is 0 Å². The number of rotatable bonds is 5. The smallest absolute Gasteiger partial charge is 0.179 e. The van der Waals surface area contributed by atoms with Gasteiger partial charge in [-0.05, 0) is 29.2 Å². The minimum absolute atomic E-state index is 0.0314. The molecule has 0 radical (unpaired) electrons. The largest absolute Gasteiger partial charge is 0.493 e. The van der Waals surface area contributed by atoms with Gasteiger partial charge in [-0.2, -0.15) is 0 Å². The number of hydrogen-bond acceptors (Lipinski definition) is 3. The highest BCUT2D eigenvalue weighted by molar-refractivity contribution is 6.32. The summed E-state index contributed by atoms with van der Waals surface area (Å²) in [6.45, 7) is 4.10. The molecule has 0 aromatic heterocycles. The minimum atomic E-state index is 0.0314. The number of aliphatic hydroxyl groups is 1. The molecule has 0 aliphatic carbocycles. The van der Waals surface area contributed by atoms with Crippen LogP contribution in [-0.4, -0.2) is 25.9 Å². The van der Waals surface area contributed by atoms with E-state index in [4.69, 9.17) is 21.1 Å². The molecule has 0 spiro atoms. The lowest BCUT2D eigenvalue weighted by atomic mass is 10.0. The zero-order chi connectivity index (χ0) is 13.7. The summed E-state index contributed by atoms with van der Waals surface area (Å²) in [6.07, 6.45) is 1.92. The first-order chi connectivity index (χ1) is 8.53. The Morgan fingerprint density at radius 3 is 2.44 bits per heavy atom. The maximum Gasteiger partial charge on any atom is 0.179 e. The van der Waals surface area contributed by atoms with Crippen LogP contribution in [-0.2, 0) is 0 Å². The van der Waals surface area contributed by atoms with E-state index in [1.807, 2.05) is 26.0 Å². The molecular weight excluding hydrogens is 252 g/mol. The van der Waals surface area contributed by atoms with Crippen LogP contribution < -0.4 is 9.47 Å². The Kier molecular flexibility index (Phi) is 5.51. The van der Waals surface area contributed by atoms with Gasteiger partial charge in [-0.3, -0.25) is 0 Å². The number of hydrogen-bond donors (Lipinski definition) is 1. The van der Waals surface area contributed by atoms with E-state index in [1.165, 1.54) is 0 Å². The summed E-state index contributed by atoms with van der Waals surface area (Å²) < 4.78 is 10.4. The van der Waals surface area contributed by atoms with Gasteiger partial charge in [0.2, 0.25) is 0 Å². The molecule has 1 aromatic carbocycles. The first kappa shape index (κ1) is 14.9. The predicted octanol–water partition coefficient (Wildman–Crippen LogP) is 3.39. The maximum absolute atomic E-state index is 9.30. The molecular formula is C14H19ClO3. The quantitative estimate of drug-likeness (QED) is 0.891. The van der Waals surface area contributed by atoms with Gasteiger partial charge in [-0.15, -0.1) is 0 Å². The van der Waals surface area contributed by atoms with Crippen molar-refractivity contribution in [2.45, 2.75) is 13.8 Å². The Morgan fingerprint density at radius 1 is 1.33 bits per heavy atom. The predicted molar refractivity (Wildman–Crippen MR) is 74.5 cm³/mol. The molecule has 0 heterocycles. The third-order valence-electron chi connectivity index (χ3n) is 2.73. The Labute approximate surface area is 113 Å². The normalized spacial score (nSPS) is 11.8. The molecule has 1 rings (SSSR count). The average molecular weight is 271 g/mol. The maximum atomic E-state index is 9.30. The number of methoxy groups -OCH3 is 2. The highest BCUT2D eigenvalue weighted by atomic mass is 35.5. The van der Waals surface area contributed by atoms with Crippen molar-refractivity contribution >= 4 is 17.7 Å². The summed E-state index contributed by atoms with van der Waals surface area (Å²) in [5, 5.41) is 9.79. The van der Waals surface area contributed by atoms with Gasteiger partial charge in [0.05, 0.1) is 25.8 Å². The SMILES string of the molecule is COc1cc(C=C(CO)C(C)C)cc(Cl)c1OC. The third-order valence-corrected chi connectivity index (χ3v) is 3.01. The zero-order valence-electron chi connectivity index (χ0n) is 11.2. The standard InChI is InChI=1S/C14H19ClO3/c1-9(2)11(8-16)5-10-6-12(15)14(18-4)13(7-10)17-3/h5-7,9,16H,8H2,1-4H3. The summed E-state index contributed by atoms with van der Waals surface area (Å²) in [7, 11) is 3.11. The summed E-state index contributed by atoms with van der Waals surface area (Å²) in [4.78, 5) is 0. The van der Waals surface area contributed by atoms with E-state index < -0.39 is 0 Å². The van der Waals surface area contributed by atoms with Crippen LogP contribution in [0, 0.1) is 5.92 Å². The Bertz CT molecular complexity index is 439. The fourth-order valence-electron chi connectivity index (χ4n) is 1.63. The molecule has 0 aliphatic heterocycles. The van der Waals surface area contributed by atoms with Gasteiger partial charge in [0.15, 0.2) is 11.5 Å². The molecule has 0 unspecified atom stereocenters. The monoisotopic (exact) mass is 270 g/mol. The van der Waals surface area contributed by atoms with E-state index >= 15 is 0 Å². The van der Waals surface area contributed by atoms with Crippen LogP contribution in [0.2, 0.25) is 5.02 Å². The minimum Gasteiger partial charge on any atom is -0.493 e. The topological polar surface area (TPSA) is 38.7 Å². The van der Waals surface area contributed by atoms with Gasteiger partial charge in [-0.1, -0.05) is 31.5 Å². The van der Waals surface area contributed by atoms with E-state index in [-0.39, 0.29) is 12.5 Å². The highest BCUT2D eigenvalue weighted by Gasteiger charge is 2.11. The molecule has 4 heteroatoms.